The number of anilines is 1. The second kappa shape index (κ2) is 18.3. The number of nitrogens with two attached hydrogens (primary N) is 1. The van der Waals surface area contributed by atoms with E-state index in [1.807, 2.05) is 0 Å². The lowest BCUT2D eigenvalue weighted by atomic mass is 10.3. The zero-order chi connectivity index (χ0) is 31.6. The number of para-hydroxylation sites is 1. The first-order chi connectivity index (χ1) is 20.4. The van der Waals surface area contributed by atoms with Crippen molar-refractivity contribution in [3.8, 4) is 5.75 Å². The Morgan fingerprint density at radius 3 is 2.38 bits per heavy atom. The number of carbonyl (C=O) groups excluding carboxylic acids is 1. The predicted molar refractivity (Wildman–Crippen MR) is 168 cm³/mol. The molecule has 0 saturated carbocycles. The van der Waals surface area contributed by atoms with Gasteiger partial charge in [-0.1, -0.05) is 18.2 Å². The van der Waals surface area contributed by atoms with Gasteiger partial charge in [-0.25, -0.2) is 24.4 Å². The molecule has 1 aromatic carbocycles. The lowest BCUT2D eigenvalue weighted by Crippen LogP contribution is -2.36. The number of imidazole rings is 1. The Kier molecular flexibility index (Phi) is 16.0. The van der Waals surface area contributed by atoms with Crippen LogP contribution in [0.1, 0.15) is 32.9 Å². The van der Waals surface area contributed by atoms with Crippen LogP contribution in [0.4, 0.5) is 10.2 Å². The molecule has 4 rings (SSSR count). The van der Waals surface area contributed by atoms with E-state index in [0.717, 1.165) is 6.08 Å². The number of hydrogen-bond donors (Lipinski definition) is 4. The number of carbonyl (C=O) groups is 3. The van der Waals surface area contributed by atoms with Crippen molar-refractivity contribution in [3.63, 3.8) is 0 Å². The van der Waals surface area contributed by atoms with Crippen LogP contribution in [-0.2, 0) is 33.2 Å². The van der Waals surface area contributed by atoms with Gasteiger partial charge in [0.2, 0.25) is 0 Å². The second-order valence-corrected chi connectivity index (χ2v) is 10.8. The fraction of sp³-hybridized carbons (Fsp3) is 0.360. The molecule has 0 amide bonds. The number of aromatic nitrogens is 4. The number of aliphatic carboxylic acids is 2. The fourth-order valence-electron chi connectivity index (χ4n) is 3.51. The van der Waals surface area contributed by atoms with Crippen LogP contribution in [0.3, 0.4) is 0 Å². The number of nitrogen functional groups attached to an aromatic ring is 1. The third kappa shape index (κ3) is 11.6. The molecule has 0 fully saturated rings. The molecule has 248 valence electrons. The van der Waals surface area contributed by atoms with Crippen LogP contribution in [-0.4, -0.2) is 72.9 Å². The van der Waals surface area contributed by atoms with Crippen molar-refractivity contribution in [2.24, 2.45) is 0 Å². The van der Waals surface area contributed by atoms with Gasteiger partial charge in [0.25, 0.3) is 0 Å². The van der Waals surface area contributed by atoms with Gasteiger partial charge in [-0.05, 0) is 26.0 Å². The van der Waals surface area contributed by atoms with Gasteiger partial charge in [-0.2, -0.15) is 27.0 Å². The lowest BCUT2D eigenvalue weighted by molar-refractivity contribution is -0.144. The molecule has 0 spiro atoms. The van der Waals surface area contributed by atoms with Crippen molar-refractivity contribution in [2.75, 3.05) is 18.7 Å². The minimum Gasteiger partial charge on any atom is -0.481 e. The molecule has 20 heteroatoms. The Bertz CT molecular complexity index is 1500. The van der Waals surface area contributed by atoms with E-state index < -0.39 is 56.2 Å². The summed E-state index contributed by atoms with van der Waals surface area (Å²) in [5.41, 5.74) is 6.35. The molecule has 0 bridgehead atoms. The smallest absolute Gasteiger partial charge is 0.342 e. The molecule has 0 aliphatic carbocycles. The number of nitrogens with zero attached hydrogens (tertiary/aromatic N) is 4. The van der Waals surface area contributed by atoms with Gasteiger partial charge in [0.1, 0.15) is 23.6 Å². The number of rotatable bonds is 13. The lowest BCUT2D eigenvalue weighted by Gasteiger charge is -2.24. The number of carboxylic acids is 2. The normalized spacial score (nSPS) is 17.3. The maximum absolute atomic E-state index is 14.8. The zero-order valence-electron chi connectivity index (χ0n) is 24.0. The van der Waals surface area contributed by atoms with E-state index in [0.29, 0.717) is 5.52 Å². The Hall–Kier alpha value is -3.74. The second-order valence-electron chi connectivity index (χ2n) is 8.76. The fourth-order valence-corrected chi connectivity index (χ4v) is 5.19. The molecule has 45 heavy (non-hydrogen) atoms. The third-order valence-corrected chi connectivity index (χ3v) is 7.20. The van der Waals surface area contributed by atoms with E-state index in [2.05, 4.69) is 20.0 Å². The molecule has 3 heterocycles. The summed E-state index contributed by atoms with van der Waals surface area (Å²) >= 11 is 0. The maximum atomic E-state index is 14.8. The molecule has 4 atom stereocenters. The van der Waals surface area contributed by atoms with Crippen LogP contribution in [0.5, 0.6) is 5.75 Å². The van der Waals surface area contributed by atoms with Gasteiger partial charge in [0.15, 0.2) is 36.2 Å². The largest absolute Gasteiger partial charge is 0.481 e. The highest BCUT2D eigenvalue weighted by molar-refractivity contribution is 7.59. The number of benzene rings is 1. The summed E-state index contributed by atoms with van der Waals surface area (Å²) in [6.07, 6.45) is 0.0833. The van der Waals surface area contributed by atoms with Gasteiger partial charge in [-0.3, -0.25) is 23.5 Å². The van der Waals surface area contributed by atoms with Crippen LogP contribution < -0.4 is 15.3 Å². The quantitative estimate of drug-likeness (QED) is 0.149. The number of hydrogen-bond acceptors (Lipinski definition) is 12. The van der Waals surface area contributed by atoms with Crippen molar-refractivity contribution < 1.29 is 52.3 Å². The van der Waals surface area contributed by atoms with Crippen LogP contribution in [0.25, 0.3) is 11.2 Å². The van der Waals surface area contributed by atoms with Crippen molar-refractivity contribution in [1.82, 2.24) is 24.6 Å². The monoisotopic (exact) mass is 692 g/mol. The third-order valence-electron chi connectivity index (χ3n) is 5.42. The summed E-state index contributed by atoms with van der Waals surface area (Å²) in [5, 5.41) is 18.4. The maximum Gasteiger partial charge on any atom is 0.342 e. The molecule has 0 unspecified atom stereocenters. The summed E-state index contributed by atoms with van der Waals surface area (Å²) in [6, 6.07) is 7.40. The molecule has 1 aliphatic heterocycles. The van der Waals surface area contributed by atoms with Crippen LogP contribution in [0, 0.1) is 0 Å². The van der Waals surface area contributed by atoms with Gasteiger partial charge in [0.05, 0.1) is 25.8 Å². The van der Waals surface area contributed by atoms with E-state index in [9.17, 15) is 23.3 Å². The van der Waals surface area contributed by atoms with Crippen molar-refractivity contribution >= 4 is 69.4 Å². The van der Waals surface area contributed by atoms with E-state index in [-0.39, 0.29) is 63.7 Å². The van der Waals surface area contributed by atoms with Crippen LogP contribution in [0.2, 0.25) is 0 Å². The van der Waals surface area contributed by atoms with Crippen molar-refractivity contribution in [1.29, 1.82) is 0 Å². The number of fused-ring (bicyclic) bond motifs is 1. The highest BCUT2D eigenvalue weighted by atomic mass is 32.1. The summed E-state index contributed by atoms with van der Waals surface area (Å²) in [5.74, 6) is -3.00. The number of halogens is 1. The van der Waals surface area contributed by atoms with E-state index in [1.165, 1.54) is 24.1 Å². The average molecular weight is 693 g/mol. The molecule has 0 saturated heterocycles. The SMILES string of the molecule is CCOC(=O)[C@H](C)N[P@](=O)(CO[C@@H]1C=C(F)[C@H](n2cnc3c(N)ncnc32)O1)Oc1ccccc1.O=C(O)CCC(=O)O.S.S. The molecule has 0 radical (unpaired) electrons. The first kappa shape index (κ1) is 39.3. The predicted octanol–water partition coefficient (Wildman–Crippen LogP) is 3.07. The summed E-state index contributed by atoms with van der Waals surface area (Å²) < 4.78 is 51.5. The van der Waals surface area contributed by atoms with Crippen LogP contribution >= 0.6 is 34.5 Å². The Morgan fingerprint density at radius 2 is 1.78 bits per heavy atom. The number of carboxylic acid groups (broad SMARTS) is 2. The van der Waals surface area contributed by atoms with Crippen molar-refractivity contribution in [2.45, 2.75) is 45.2 Å². The Morgan fingerprint density at radius 1 is 1.13 bits per heavy atom. The number of esters is 1. The highest BCUT2D eigenvalue weighted by Gasteiger charge is 2.36. The molecule has 1 aliphatic rings. The standard InChI is InChI=1S/C21H24FN6O6P.C4H6O4.2H2S/c1-3-31-21(29)13(2)27-35(30,34-14-7-5-4-6-8-14)12-32-16-9-15(22)20(33-16)28-11-26-17-18(23)24-10-25-19(17)28;5-3(6)1-2-4(7)8;;/h4-11,13,16,20H,3,12H2,1-2H3,(H,27,30)(H2,23,24,25);1-2H2,(H,5,6)(H,7,8);2*1H2/t13-,16-,20+,35-;;;/m0.../s1. The number of ether oxygens (including phenoxy) is 3. The summed E-state index contributed by atoms with van der Waals surface area (Å²) in [4.78, 5) is 43.4. The van der Waals surface area contributed by atoms with Gasteiger partial charge < -0.3 is 34.7 Å². The minimum absolute atomic E-state index is 0. The number of nitrogens with one attached hydrogen (secondary N) is 1. The molecule has 5 N–H and O–H groups in total. The van der Waals surface area contributed by atoms with E-state index in [4.69, 9.17) is 34.7 Å². The topological polar surface area (TPSA) is 227 Å². The first-order valence-electron chi connectivity index (χ1n) is 12.7. The van der Waals surface area contributed by atoms with E-state index in [1.54, 1.807) is 37.3 Å². The first-order valence-corrected chi connectivity index (χ1v) is 14.5. The zero-order valence-corrected chi connectivity index (χ0v) is 26.9. The summed E-state index contributed by atoms with van der Waals surface area (Å²) in [7, 11) is -3.83. The Labute approximate surface area is 270 Å². The molecule has 16 nitrogen and oxygen atoms in total. The summed E-state index contributed by atoms with van der Waals surface area (Å²) in [6.45, 7) is 3.30. The molecular formula is C25H34FN6O10PS2. The molecule has 3 aromatic rings. The van der Waals surface area contributed by atoms with E-state index >= 15 is 0 Å². The minimum atomic E-state index is -3.83. The average Bonchev–Trinajstić information content (AvgIpc) is 3.55. The highest BCUT2D eigenvalue weighted by Crippen LogP contribution is 2.45. The van der Waals surface area contributed by atoms with Gasteiger partial charge in [0, 0.05) is 6.08 Å². The van der Waals surface area contributed by atoms with Crippen LogP contribution in [0.15, 0.2) is 54.9 Å². The van der Waals surface area contributed by atoms with Gasteiger partial charge in [-0.15, -0.1) is 0 Å². The Balaban J connectivity index is 0.000000898. The molecular weight excluding hydrogens is 658 g/mol. The van der Waals surface area contributed by atoms with Crippen molar-refractivity contribution in [3.05, 3.63) is 54.9 Å². The molecule has 2 aromatic heterocycles. The van der Waals surface area contributed by atoms with Gasteiger partial charge >= 0.3 is 25.4 Å².